The van der Waals surface area contributed by atoms with Crippen molar-refractivity contribution in [2.45, 2.75) is 79.3 Å². The molecule has 0 aliphatic heterocycles. The molecule has 0 radical (unpaired) electrons. The minimum absolute atomic E-state index is 0.152. The quantitative estimate of drug-likeness (QED) is 0.0337. The topological polar surface area (TPSA) is 314 Å². The lowest BCUT2D eigenvalue weighted by molar-refractivity contribution is -0.137. The largest absolute Gasteiger partial charge is 0.416 e. The Labute approximate surface area is 695 Å². The molecule has 20 rings (SSSR count). The van der Waals surface area contributed by atoms with E-state index >= 15 is 0 Å². The van der Waals surface area contributed by atoms with E-state index in [1.54, 1.807) is 46.3 Å². The van der Waals surface area contributed by atoms with Crippen LogP contribution >= 0.6 is 45.3 Å². The molecule has 12 heterocycles. The van der Waals surface area contributed by atoms with Gasteiger partial charge in [-0.15, -0.1) is 45.3 Å². The summed E-state index contributed by atoms with van der Waals surface area (Å²) in [7, 11) is 0. The molecular formula is C88H77F3N24S4. The van der Waals surface area contributed by atoms with Crippen molar-refractivity contribution in [1.29, 1.82) is 0 Å². The monoisotopic (exact) mass is 1650 g/mol. The first-order chi connectivity index (χ1) is 57.8. The Kier molecular flexibility index (Phi) is 22.2. The minimum Gasteiger partial charge on any atom is -0.350 e. The molecule has 8 aromatic carbocycles. The van der Waals surface area contributed by atoms with Gasteiger partial charge in [-0.2, -0.15) is 53.5 Å². The summed E-state index contributed by atoms with van der Waals surface area (Å²) < 4.78 is 42.8. The molecule has 12 N–H and O–H groups in total. The van der Waals surface area contributed by atoms with E-state index in [0.717, 1.165) is 137 Å². The van der Waals surface area contributed by atoms with Crippen molar-refractivity contribution in [3.8, 4) is 0 Å². The molecule has 12 aromatic heterocycles. The van der Waals surface area contributed by atoms with Crippen molar-refractivity contribution in [1.82, 2.24) is 80.7 Å². The Morgan fingerprint density at radius 2 is 0.639 bits per heavy atom. The number of nitrogens with one attached hydrogen (secondary N) is 12. The average molecular weight is 1660 g/mol. The molecule has 0 bridgehead atoms. The van der Waals surface area contributed by atoms with E-state index in [4.69, 9.17) is 15.0 Å². The van der Waals surface area contributed by atoms with Gasteiger partial charge in [0.05, 0.1) is 93.3 Å². The number of hydrogen-bond acceptors (Lipinski definition) is 24. The Morgan fingerprint density at radius 3 is 0.975 bits per heavy atom. The Hall–Kier alpha value is -14.0. The van der Waals surface area contributed by atoms with Crippen LogP contribution in [-0.4, -0.2) is 80.7 Å². The summed E-state index contributed by atoms with van der Waals surface area (Å²) in [6, 6.07) is 60.9. The van der Waals surface area contributed by atoms with E-state index < -0.39 is 11.7 Å². The van der Waals surface area contributed by atoms with Gasteiger partial charge in [-0.1, -0.05) is 116 Å². The fourth-order valence-electron chi connectivity index (χ4n) is 13.3. The van der Waals surface area contributed by atoms with Gasteiger partial charge in [-0.25, -0.2) is 19.9 Å². The SMILES string of the molecule is CC(C)(C)c1ccc(CNc2nc(Nc3ccc4[nH]ncc4c3)c3sccc3n2)cc1.Cc1cc(C)cc(CNc2nc(Nc3ccc4[nH]ncc4c3)c3sccc3n2)c1.Cc1ccc(CNc2nc(Nc3ccc4[nH]ncc4c3)c3sccc3n2)cc1.FC(F)(F)c1cccc(CNc2nc(Nc3ccc4[nH]ncc4c3)c3sccc3n2)c1. The van der Waals surface area contributed by atoms with Crippen LogP contribution in [0, 0.1) is 20.8 Å². The molecule has 20 aromatic rings. The summed E-state index contributed by atoms with van der Waals surface area (Å²) in [6.07, 6.45) is 2.81. The number of aryl methyl sites for hydroxylation is 3. The number of aromatic amines is 4. The van der Waals surface area contributed by atoms with Crippen LogP contribution in [-0.2, 0) is 37.8 Å². The van der Waals surface area contributed by atoms with Crippen LogP contribution in [0.25, 0.3) is 84.5 Å². The van der Waals surface area contributed by atoms with Gasteiger partial charge in [-0.05, 0) is 185 Å². The standard InChI is InChI=1S/C24H24N6S.C22H20N6S.C21H15F3N6S.C21H18N6S/c1-24(2,3)17-6-4-15(5-7-17)13-25-23-28-20-10-11-31-21(20)22(29-23)27-18-8-9-19-16(12-18)14-26-30-19;1-13-7-14(2)9-15(8-13)11-23-22-26-19-5-6-29-20(19)21(27-22)25-17-3-4-18-16(10-17)12-24-28-18;22-21(23,24)14-3-1-2-12(8-14)10-25-20-28-17-6-7-31-18(17)19(29-20)27-15-4-5-16-13(9-15)11-26-30-16;1-13-2-4-14(5-3-13)11-22-21-25-18-8-9-28-19(18)20(26-21)24-16-6-7-17-15(10-16)12-23-27-17/h4-12,14H,13H2,1-3H3,(H,26,30)(H2,25,27,28,29);3-10,12H,11H2,1-2H3,(H,24,28)(H2,23,25,26,27);1-9,11H,10H2,(H,26,30)(H2,25,27,28,29);2-10,12H,11H2,1H3,(H,23,27)(H2,22,24,25,26). The average Bonchev–Trinajstić information content (AvgIpc) is 1.71. The highest BCUT2D eigenvalue weighted by molar-refractivity contribution is 7.18. The molecule has 0 atom stereocenters. The van der Waals surface area contributed by atoms with Crippen molar-refractivity contribution in [2.75, 3.05) is 42.5 Å². The molecule has 0 amide bonds. The van der Waals surface area contributed by atoms with Gasteiger partial charge in [0.1, 0.15) is 0 Å². The molecule has 594 valence electrons. The number of halogens is 3. The number of anilines is 12. The Morgan fingerprint density at radius 1 is 0.311 bits per heavy atom. The first-order valence-corrected chi connectivity index (χ1v) is 41.5. The molecular weight excluding hydrogens is 1580 g/mol. The molecule has 24 nitrogen and oxygen atoms in total. The summed E-state index contributed by atoms with van der Waals surface area (Å²) in [6.45, 7) is 15.2. The number of hydrogen-bond donors (Lipinski definition) is 12. The van der Waals surface area contributed by atoms with Crippen molar-refractivity contribution in [3.05, 3.63) is 284 Å². The van der Waals surface area contributed by atoms with Gasteiger partial charge in [0.2, 0.25) is 23.8 Å². The van der Waals surface area contributed by atoms with Gasteiger partial charge >= 0.3 is 6.18 Å². The number of thiophene rings is 4. The lowest BCUT2D eigenvalue weighted by Crippen LogP contribution is -2.11. The van der Waals surface area contributed by atoms with Crippen LogP contribution < -0.4 is 42.5 Å². The maximum absolute atomic E-state index is 12.9. The number of alkyl halides is 3. The van der Waals surface area contributed by atoms with E-state index in [-0.39, 0.29) is 12.0 Å². The number of fused-ring (bicyclic) bond motifs is 8. The maximum Gasteiger partial charge on any atom is 0.416 e. The third-order valence-electron chi connectivity index (χ3n) is 19.3. The van der Waals surface area contributed by atoms with Crippen molar-refractivity contribution >= 4 is 200 Å². The number of nitrogens with zero attached hydrogens (tertiary/aromatic N) is 12. The number of H-pyrrole nitrogens is 4. The number of aromatic nitrogens is 16. The highest BCUT2D eigenvalue weighted by atomic mass is 32.1. The third kappa shape index (κ3) is 18.8. The molecule has 0 fully saturated rings. The second-order valence-corrected chi connectivity index (χ2v) is 33.0. The van der Waals surface area contributed by atoms with Gasteiger partial charge in [0.25, 0.3) is 0 Å². The van der Waals surface area contributed by atoms with E-state index in [1.165, 1.54) is 56.3 Å². The normalized spacial score (nSPS) is 11.5. The molecule has 0 saturated heterocycles. The molecule has 0 aliphatic carbocycles. The Bertz CT molecular complexity index is 6940. The molecule has 0 unspecified atom stereocenters. The molecule has 0 spiro atoms. The zero-order valence-electron chi connectivity index (χ0n) is 65.0. The van der Waals surface area contributed by atoms with E-state index in [2.05, 4.69) is 235 Å². The van der Waals surface area contributed by atoms with Crippen LogP contribution in [0.5, 0.6) is 0 Å². The first kappa shape index (κ1) is 77.6. The van der Waals surface area contributed by atoms with Crippen molar-refractivity contribution < 1.29 is 13.2 Å². The van der Waals surface area contributed by atoms with Crippen LogP contribution in [0.15, 0.2) is 234 Å². The maximum atomic E-state index is 12.9. The summed E-state index contributed by atoms with van der Waals surface area (Å²) >= 11 is 6.40. The smallest absolute Gasteiger partial charge is 0.350 e. The fraction of sp³-hybridized carbons (Fsp3) is 0.136. The van der Waals surface area contributed by atoms with Gasteiger partial charge in [0.15, 0.2) is 23.3 Å². The van der Waals surface area contributed by atoms with E-state index in [0.29, 0.717) is 54.8 Å². The number of rotatable bonds is 20. The van der Waals surface area contributed by atoms with Gasteiger partial charge in [-0.3, -0.25) is 20.4 Å². The van der Waals surface area contributed by atoms with Crippen LogP contribution in [0.4, 0.5) is 83.0 Å². The second-order valence-electron chi connectivity index (χ2n) is 29.4. The summed E-state index contributed by atoms with van der Waals surface area (Å²) in [5.41, 5.74) is 19.9. The minimum atomic E-state index is -4.38. The lowest BCUT2D eigenvalue weighted by atomic mass is 9.87. The predicted octanol–water partition coefficient (Wildman–Crippen LogP) is 22.9. The van der Waals surface area contributed by atoms with Gasteiger partial charge < -0.3 is 42.5 Å². The van der Waals surface area contributed by atoms with Crippen molar-refractivity contribution in [2.24, 2.45) is 0 Å². The molecule has 0 aliphatic rings. The van der Waals surface area contributed by atoms with Crippen LogP contribution in [0.2, 0.25) is 0 Å². The molecule has 31 heteroatoms. The molecule has 119 heavy (non-hydrogen) atoms. The highest BCUT2D eigenvalue weighted by Gasteiger charge is 2.30. The lowest BCUT2D eigenvalue weighted by Gasteiger charge is -2.19. The predicted molar refractivity (Wildman–Crippen MR) is 480 cm³/mol. The van der Waals surface area contributed by atoms with Crippen LogP contribution in [0.3, 0.4) is 0 Å². The summed E-state index contributed by atoms with van der Waals surface area (Å²) in [5.74, 6) is 5.18. The van der Waals surface area contributed by atoms with Crippen LogP contribution in [0.1, 0.15) is 70.8 Å². The van der Waals surface area contributed by atoms with Crippen molar-refractivity contribution in [3.63, 3.8) is 0 Å². The zero-order valence-corrected chi connectivity index (χ0v) is 68.2. The van der Waals surface area contributed by atoms with E-state index in [9.17, 15) is 13.2 Å². The second kappa shape index (κ2) is 34.0. The zero-order chi connectivity index (χ0) is 81.6. The first-order valence-electron chi connectivity index (χ1n) is 38.0. The van der Waals surface area contributed by atoms with Gasteiger partial charge in [0, 0.05) is 70.5 Å². The third-order valence-corrected chi connectivity index (χ3v) is 22.9. The summed E-state index contributed by atoms with van der Waals surface area (Å²) in [5, 5.41) is 67.1. The highest BCUT2D eigenvalue weighted by Crippen LogP contribution is 2.37. The fourth-order valence-corrected chi connectivity index (χ4v) is 16.4. The molecule has 0 saturated carbocycles. The van der Waals surface area contributed by atoms with E-state index in [1.807, 2.05) is 119 Å². The Balaban J connectivity index is 0.000000114. The number of benzene rings is 8. The summed E-state index contributed by atoms with van der Waals surface area (Å²) in [4.78, 5) is 37.3.